The molecule has 0 aliphatic heterocycles. The van der Waals surface area contributed by atoms with E-state index in [4.69, 9.17) is 0 Å². The highest BCUT2D eigenvalue weighted by atomic mass is 127. The third-order valence-corrected chi connectivity index (χ3v) is 12.0. The second-order valence-corrected chi connectivity index (χ2v) is 13.8. The molecule has 0 saturated carbocycles. The summed E-state index contributed by atoms with van der Waals surface area (Å²) in [6, 6.07) is 19.8. The molecule has 0 bridgehead atoms. The van der Waals surface area contributed by atoms with E-state index in [1.807, 2.05) is 61.2 Å². The average molecular weight is 719 g/mol. The topological polar surface area (TPSA) is 60.9 Å². The molecule has 0 fully saturated rings. The first-order valence-electron chi connectivity index (χ1n) is 15.2. The van der Waals surface area contributed by atoms with Gasteiger partial charge in [-0.3, -0.25) is 12.7 Å². The molecule has 0 unspecified atom stereocenters. The maximum absolute atomic E-state index is 16.3. The molecule has 1 N–H and O–H groups in total. The zero-order valence-electron chi connectivity index (χ0n) is 25.5. The number of Topliss-reactive ketones (excluding diaryl/α,β-unsaturated/α-hetero) is 2. The van der Waals surface area contributed by atoms with E-state index in [-0.39, 0.29) is 11.1 Å². The highest BCUT2D eigenvalue weighted by Crippen LogP contribution is 2.46. The summed E-state index contributed by atoms with van der Waals surface area (Å²) in [6.07, 6.45) is 1.42. The summed E-state index contributed by atoms with van der Waals surface area (Å²) in [4.78, 5) is 29.5. The monoisotopic (exact) mass is 718 g/mol. The van der Waals surface area contributed by atoms with Crippen molar-refractivity contribution < 1.29 is 23.5 Å². The maximum Gasteiger partial charge on any atom is 0.238 e. The standard InChI is InChI=1S/C37H33F2IN2O3/c1-5-41(6-2)29-20-27(39)32(25-18-17-21-13-9-10-14-22(21)30(25)29)34-35(43)33(36(44)37(34)45)31-24-16-12-11-15-23(24)28(19-26(31)38)40-42(7-3)8-4/h9-20,43H,5-8H2,1-4H3/b33-31-. The summed E-state index contributed by atoms with van der Waals surface area (Å²) in [6.45, 7) is 11.0. The molecule has 4 aromatic carbocycles. The van der Waals surface area contributed by atoms with E-state index in [2.05, 4.69) is 17.0 Å². The smallest absolute Gasteiger partial charge is 0.238 e. The predicted molar refractivity (Wildman–Crippen MR) is 188 cm³/mol. The second-order valence-electron chi connectivity index (χ2n) is 10.8. The number of aliphatic hydroxyl groups is 1. The minimum atomic E-state index is -1.06. The fourth-order valence-corrected chi connectivity index (χ4v) is 8.90. The summed E-state index contributed by atoms with van der Waals surface area (Å²) >= 11 is -0.709. The van der Waals surface area contributed by atoms with Gasteiger partial charge in [0.15, 0.2) is 0 Å². The van der Waals surface area contributed by atoms with Crippen molar-refractivity contribution in [2.24, 2.45) is 0 Å². The molecule has 230 valence electrons. The normalized spacial score (nSPS) is 17.8. The van der Waals surface area contributed by atoms with Gasteiger partial charge >= 0.3 is 0 Å². The van der Waals surface area contributed by atoms with Crippen molar-refractivity contribution in [3.05, 3.63) is 112 Å². The first kappa shape index (κ1) is 31.0. The van der Waals surface area contributed by atoms with Crippen LogP contribution in [-0.2, 0) is 9.59 Å². The van der Waals surface area contributed by atoms with Crippen LogP contribution < -0.4 is 4.90 Å². The highest BCUT2D eigenvalue weighted by molar-refractivity contribution is 14.2. The molecule has 5 nitrogen and oxygen atoms in total. The number of allylic oxidation sites excluding steroid dienone is 5. The lowest BCUT2D eigenvalue weighted by molar-refractivity contribution is -0.130. The average Bonchev–Trinajstić information content (AvgIpc) is 3.26. The van der Waals surface area contributed by atoms with Crippen molar-refractivity contribution in [2.75, 3.05) is 31.1 Å². The van der Waals surface area contributed by atoms with E-state index < -0.39 is 61.1 Å². The summed E-state index contributed by atoms with van der Waals surface area (Å²) in [5, 5.41) is 14.6. The number of anilines is 1. The van der Waals surface area contributed by atoms with Gasteiger partial charge < -0.3 is 10.0 Å². The van der Waals surface area contributed by atoms with Crippen LogP contribution in [0.5, 0.6) is 0 Å². The van der Waals surface area contributed by atoms with Gasteiger partial charge in [-0.1, -0.05) is 74.5 Å². The lowest BCUT2D eigenvalue weighted by Gasteiger charge is -2.25. The SMILES string of the molecule is CCN(CC)I=C1C=C(F)/C(=C2\C(=O)C(=O)C(c3c(F)cc(N(CC)CC)c4c3ccc3ccccc34)=C2O)c2ccccc21. The van der Waals surface area contributed by atoms with Gasteiger partial charge in [0, 0.05) is 51.9 Å². The van der Waals surface area contributed by atoms with Crippen molar-refractivity contribution >= 4 is 74.5 Å². The van der Waals surface area contributed by atoms with Crippen LogP contribution in [0.1, 0.15) is 44.4 Å². The van der Waals surface area contributed by atoms with Crippen molar-refractivity contribution in [2.45, 2.75) is 27.7 Å². The van der Waals surface area contributed by atoms with E-state index in [9.17, 15) is 14.7 Å². The first-order valence-corrected chi connectivity index (χ1v) is 17.2. The number of aliphatic hydroxyl groups excluding tert-OH is 1. The van der Waals surface area contributed by atoms with Gasteiger partial charge in [-0.2, -0.15) is 0 Å². The van der Waals surface area contributed by atoms with Crippen LogP contribution in [0.2, 0.25) is 0 Å². The van der Waals surface area contributed by atoms with Crippen molar-refractivity contribution in [3.8, 4) is 0 Å². The minimum Gasteiger partial charge on any atom is -0.506 e. The van der Waals surface area contributed by atoms with E-state index in [1.165, 1.54) is 12.1 Å². The minimum absolute atomic E-state index is 0.140. The largest absolute Gasteiger partial charge is 0.506 e. The number of halogens is 3. The lowest BCUT2D eigenvalue weighted by atomic mass is 9.87. The summed E-state index contributed by atoms with van der Waals surface area (Å²) in [7, 11) is 0. The van der Waals surface area contributed by atoms with Crippen molar-refractivity contribution in [1.29, 1.82) is 0 Å². The predicted octanol–water partition coefficient (Wildman–Crippen LogP) is 8.47. The van der Waals surface area contributed by atoms with Gasteiger partial charge in [-0.25, -0.2) is 8.78 Å². The number of carbonyl (C=O) groups excluding carboxylic acids is 2. The molecule has 45 heavy (non-hydrogen) atoms. The van der Waals surface area contributed by atoms with Crippen LogP contribution in [0.4, 0.5) is 14.5 Å². The van der Waals surface area contributed by atoms with Gasteiger partial charge in [0.1, 0.15) is 17.4 Å². The Bertz CT molecular complexity index is 2030. The molecule has 4 aromatic rings. The molecule has 0 heterocycles. The molecule has 0 atom stereocenters. The molecule has 8 heteroatoms. The van der Waals surface area contributed by atoms with E-state index in [1.54, 1.807) is 18.2 Å². The van der Waals surface area contributed by atoms with Gasteiger partial charge in [-0.15, -0.1) is 0 Å². The number of benzene rings is 4. The zero-order valence-corrected chi connectivity index (χ0v) is 27.7. The molecule has 0 saturated heterocycles. The van der Waals surface area contributed by atoms with E-state index >= 15 is 8.78 Å². The number of hydrogen-bond acceptors (Lipinski definition) is 5. The van der Waals surface area contributed by atoms with Crippen molar-refractivity contribution in [1.82, 2.24) is 3.11 Å². The molecule has 2 aliphatic rings. The number of ketones is 2. The fraction of sp³-hybridized carbons (Fsp3) is 0.216. The highest BCUT2D eigenvalue weighted by Gasteiger charge is 2.43. The van der Waals surface area contributed by atoms with Crippen LogP contribution >= 0.6 is 21.0 Å². The quantitative estimate of drug-likeness (QED) is 0.0684. The fourth-order valence-electron chi connectivity index (χ4n) is 6.34. The van der Waals surface area contributed by atoms with Crippen LogP contribution in [0.25, 0.3) is 32.7 Å². The number of hydrogen-bond donors (Lipinski definition) is 1. The molecule has 0 radical (unpaired) electrons. The molecule has 0 amide bonds. The van der Waals surface area contributed by atoms with Crippen LogP contribution in [0, 0.1) is 5.82 Å². The van der Waals surface area contributed by atoms with Crippen LogP contribution in [0.15, 0.2) is 90.0 Å². The molecular formula is C37H33F2IN2O3. The van der Waals surface area contributed by atoms with E-state index in [0.717, 1.165) is 32.9 Å². The Kier molecular flexibility index (Phi) is 8.54. The third-order valence-electron chi connectivity index (χ3n) is 8.54. The van der Waals surface area contributed by atoms with Gasteiger partial charge in [0.05, 0.1) is 11.1 Å². The van der Waals surface area contributed by atoms with Gasteiger partial charge in [-0.05, 0) is 74.3 Å². The third kappa shape index (κ3) is 5.04. The zero-order chi connectivity index (χ0) is 32.0. The van der Waals surface area contributed by atoms with E-state index in [0.29, 0.717) is 35.1 Å². The Morgan fingerprint density at radius 2 is 1.38 bits per heavy atom. The Hall–Kier alpha value is -4.02. The Morgan fingerprint density at radius 3 is 2.07 bits per heavy atom. The van der Waals surface area contributed by atoms with Crippen molar-refractivity contribution in [3.63, 3.8) is 0 Å². The second kappa shape index (κ2) is 12.4. The lowest BCUT2D eigenvalue weighted by Crippen LogP contribution is -2.22. The Balaban J connectivity index is 1.66. The van der Waals surface area contributed by atoms with Gasteiger partial charge in [0.2, 0.25) is 11.6 Å². The molecule has 0 spiro atoms. The van der Waals surface area contributed by atoms with Crippen LogP contribution in [-0.4, -0.2) is 49.5 Å². The summed E-state index contributed by atoms with van der Waals surface area (Å²) in [5.74, 6) is -4.27. The molecule has 2 aliphatic carbocycles. The number of fused-ring (bicyclic) bond motifs is 4. The Morgan fingerprint density at radius 1 is 0.733 bits per heavy atom. The number of rotatable bonds is 7. The van der Waals surface area contributed by atoms with Crippen LogP contribution in [0.3, 0.4) is 0 Å². The number of carbonyl (C=O) groups is 2. The maximum atomic E-state index is 16.3. The first-order chi connectivity index (χ1) is 21.7. The Labute approximate surface area is 271 Å². The molecule has 6 rings (SSSR count). The summed E-state index contributed by atoms with van der Waals surface area (Å²) < 4.78 is 35.5. The molecular weight excluding hydrogens is 685 g/mol. The summed E-state index contributed by atoms with van der Waals surface area (Å²) in [5.41, 5.74) is 0.661. The number of nitrogens with zero attached hydrogens (tertiary/aromatic N) is 2. The molecule has 0 aromatic heterocycles. The van der Waals surface area contributed by atoms with Gasteiger partial charge in [0.25, 0.3) is 0 Å².